The molecule has 1 aromatic rings. The van der Waals surface area contributed by atoms with Crippen LogP contribution in [0.15, 0.2) is 24.3 Å². The van der Waals surface area contributed by atoms with Crippen LogP contribution in [0.1, 0.15) is 20.8 Å². The Balaban J connectivity index is 2.56. The zero-order valence-corrected chi connectivity index (χ0v) is 13.5. The van der Waals surface area contributed by atoms with Crippen molar-refractivity contribution in [3.05, 3.63) is 24.3 Å². The topological polar surface area (TPSA) is 76.7 Å². The van der Waals surface area contributed by atoms with Crippen LogP contribution in [0.5, 0.6) is 5.75 Å². The van der Waals surface area contributed by atoms with E-state index >= 15 is 0 Å². The molecule has 0 aliphatic carbocycles. The van der Waals surface area contributed by atoms with Gasteiger partial charge in [0.25, 0.3) is 0 Å². The Morgan fingerprint density at radius 1 is 1.12 bits per heavy atom. The lowest BCUT2D eigenvalue weighted by atomic mass is 10.2. The Morgan fingerprint density at radius 2 is 1.75 bits per heavy atom. The number of alkyl halides is 3. The van der Waals surface area contributed by atoms with Crippen molar-refractivity contribution >= 4 is 17.7 Å². The molecular weight excluding hydrogens is 329 g/mol. The normalized spacial score (nSPS) is 11.6. The van der Waals surface area contributed by atoms with E-state index in [0.29, 0.717) is 0 Å². The number of halogens is 3. The first kappa shape index (κ1) is 19.6. The third-order valence-corrected chi connectivity index (χ3v) is 2.34. The van der Waals surface area contributed by atoms with Gasteiger partial charge in [0.05, 0.1) is 5.69 Å². The minimum Gasteiger partial charge on any atom is -0.482 e. The Hall–Kier alpha value is -2.45. The Kier molecular flexibility index (Phi) is 6.44. The number of hydrogen-bond acceptors (Lipinski definition) is 4. The molecule has 0 atom stereocenters. The van der Waals surface area contributed by atoms with E-state index in [1.54, 1.807) is 20.8 Å². The van der Waals surface area contributed by atoms with E-state index in [1.807, 2.05) is 0 Å². The van der Waals surface area contributed by atoms with E-state index in [0.717, 1.165) is 0 Å². The number of carbonyl (C=O) groups excluding carboxylic acids is 2. The molecule has 2 amide bonds. The molecule has 9 heteroatoms. The summed E-state index contributed by atoms with van der Waals surface area (Å²) in [4.78, 5) is 23.2. The molecule has 0 unspecified atom stereocenters. The van der Waals surface area contributed by atoms with Crippen molar-refractivity contribution in [2.24, 2.45) is 0 Å². The van der Waals surface area contributed by atoms with E-state index in [1.165, 1.54) is 24.3 Å². The maximum absolute atomic E-state index is 12.2. The number of anilines is 1. The first-order chi connectivity index (χ1) is 11.0. The van der Waals surface area contributed by atoms with Crippen LogP contribution in [0.2, 0.25) is 0 Å². The number of nitrogens with one attached hydrogen (secondary N) is 2. The fourth-order valence-corrected chi connectivity index (χ4v) is 1.52. The molecular formula is C15H19F3N2O4. The smallest absolute Gasteiger partial charge is 0.422 e. The number of hydrogen-bond donors (Lipinski definition) is 2. The molecule has 1 aromatic carbocycles. The minimum absolute atomic E-state index is 0.0674. The zero-order chi connectivity index (χ0) is 18.4. The van der Waals surface area contributed by atoms with Crippen molar-refractivity contribution in [1.82, 2.24) is 5.32 Å². The molecule has 0 saturated carbocycles. The van der Waals surface area contributed by atoms with E-state index in [2.05, 4.69) is 15.4 Å². The number of ether oxygens (including phenoxy) is 2. The van der Waals surface area contributed by atoms with Crippen LogP contribution in [0.4, 0.5) is 23.7 Å². The third kappa shape index (κ3) is 8.25. The number of para-hydroxylation sites is 2. The highest BCUT2D eigenvalue weighted by molar-refractivity contribution is 5.95. The van der Waals surface area contributed by atoms with Crippen LogP contribution in [0.25, 0.3) is 0 Å². The van der Waals surface area contributed by atoms with Crippen LogP contribution in [0, 0.1) is 0 Å². The van der Waals surface area contributed by atoms with Crippen molar-refractivity contribution < 1.29 is 32.2 Å². The molecule has 0 spiro atoms. The second kappa shape index (κ2) is 7.89. The molecule has 0 heterocycles. The van der Waals surface area contributed by atoms with Crippen LogP contribution < -0.4 is 15.4 Å². The third-order valence-electron chi connectivity index (χ3n) is 2.34. The van der Waals surface area contributed by atoms with Gasteiger partial charge < -0.3 is 20.1 Å². The fourth-order valence-electron chi connectivity index (χ4n) is 1.52. The lowest BCUT2D eigenvalue weighted by molar-refractivity contribution is -0.153. The van der Waals surface area contributed by atoms with Crippen molar-refractivity contribution in [2.45, 2.75) is 32.5 Å². The predicted octanol–water partition coefficient (Wildman–Crippen LogP) is 3.09. The highest BCUT2D eigenvalue weighted by atomic mass is 19.4. The van der Waals surface area contributed by atoms with Gasteiger partial charge in [-0.05, 0) is 32.9 Å². The highest BCUT2D eigenvalue weighted by Gasteiger charge is 2.29. The van der Waals surface area contributed by atoms with Crippen LogP contribution in [-0.4, -0.2) is 36.9 Å². The standard InChI is InChI=1S/C15H19F3N2O4/c1-14(2,3)24-13(22)19-8-12(21)20-10-6-4-5-7-11(10)23-9-15(16,17)18/h4-7H,8-9H2,1-3H3,(H,19,22)(H,20,21). The van der Waals surface area contributed by atoms with Crippen molar-refractivity contribution in [3.63, 3.8) is 0 Å². The average molecular weight is 348 g/mol. The summed E-state index contributed by atoms with van der Waals surface area (Å²) in [5, 5.41) is 4.60. The van der Waals surface area contributed by atoms with Crippen molar-refractivity contribution in [1.29, 1.82) is 0 Å². The molecule has 0 aliphatic rings. The summed E-state index contributed by atoms with van der Waals surface area (Å²) in [6, 6.07) is 5.68. The lowest BCUT2D eigenvalue weighted by Crippen LogP contribution is -2.37. The number of benzene rings is 1. The number of alkyl carbamates (subject to hydrolysis) is 1. The summed E-state index contributed by atoms with van der Waals surface area (Å²) in [7, 11) is 0. The molecule has 24 heavy (non-hydrogen) atoms. The van der Waals surface area contributed by atoms with E-state index in [4.69, 9.17) is 4.74 Å². The van der Waals surface area contributed by atoms with E-state index in [9.17, 15) is 22.8 Å². The van der Waals surface area contributed by atoms with Crippen LogP contribution in [0.3, 0.4) is 0 Å². The summed E-state index contributed by atoms with van der Waals surface area (Å²) < 4.78 is 46.2. The Morgan fingerprint density at radius 3 is 2.33 bits per heavy atom. The van der Waals surface area contributed by atoms with Gasteiger partial charge in [-0.3, -0.25) is 4.79 Å². The molecule has 0 fully saturated rings. The lowest BCUT2D eigenvalue weighted by Gasteiger charge is -2.19. The van der Waals surface area contributed by atoms with Gasteiger partial charge in [-0.2, -0.15) is 13.2 Å². The van der Waals surface area contributed by atoms with Gasteiger partial charge in [-0.25, -0.2) is 4.79 Å². The van der Waals surface area contributed by atoms with Gasteiger partial charge in [0.15, 0.2) is 6.61 Å². The maximum Gasteiger partial charge on any atom is 0.422 e. The molecule has 6 nitrogen and oxygen atoms in total. The van der Waals surface area contributed by atoms with Crippen LogP contribution >= 0.6 is 0 Å². The van der Waals surface area contributed by atoms with E-state index < -0.39 is 36.9 Å². The van der Waals surface area contributed by atoms with E-state index in [-0.39, 0.29) is 11.4 Å². The van der Waals surface area contributed by atoms with Gasteiger partial charge in [0.2, 0.25) is 5.91 Å². The second-order valence-corrected chi connectivity index (χ2v) is 5.80. The predicted molar refractivity (Wildman–Crippen MR) is 80.9 cm³/mol. The Labute approximate surface area is 137 Å². The largest absolute Gasteiger partial charge is 0.482 e. The molecule has 0 aromatic heterocycles. The van der Waals surface area contributed by atoms with Gasteiger partial charge in [0.1, 0.15) is 17.9 Å². The first-order valence-corrected chi connectivity index (χ1v) is 7.01. The average Bonchev–Trinajstić information content (AvgIpc) is 2.41. The van der Waals surface area contributed by atoms with Crippen LogP contribution in [-0.2, 0) is 9.53 Å². The van der Waals surface area contributed by atoms with Gasteiger partial charge >= 0.3 is 12.3 Å². The SMILES string of the molecule is CC(C)(C)OC(=O)NCC(=O)Nc1ccccc1OCC(F)(F)F. The molecule has 134 valence electrons. The van der Waals surface area contributed by atoms with Crippen molar-refractivity contribution in [3.8, 4) is 5.75 Å². The first-order valence-electron chi connectivity index (χ1n) is 7.01. The highest BCUT2D eigenvalue weighted by Crippen LogP contribution is 2.26. The number of amides is 2. The number of rotatable bonds is 5. The summed E-state index contributed by atoms with van der Waals surface area (Å²) in [5.74, 6) is -0.760. The second-order valence-electron chi connectivity index (χ2n) is 5.80. The van der Waals surface area contributed by atoms with Gasteiger partial charge in [-0.1, -0.05) is 12.1 Å². The van der Waals surface area contributed by atoms with Crippen molar-refractivity contribution in [2.75, 3.05) is 18.5 Å². The molecule has 0 aliphatic heterocycles. The summed E-state index contributed by atoms with van der Waals surface area (Å²) >= 11 is 0. The number of carbonyl (C=O) groups is 2. The fraction of sp³-hybridized carbons (Fsp3) is 0.467. The molecule has 0 saturated heterocycles. The molecule has 0 bridgehead atoms. The quantitative estimate of drug-likeness (QED) is 0.857. The molecule has 0 radical (unpaired) electrons. The Bertz CT molecular complexity index is 583. The molecule has 1 rings (SSSR count). The summed E-state index contributed by atoms with van der Waals surface area (Å²) in [5.41, 5.74) is -0.642. The zero-order valence-electron chi connectivity index (χ0n) is 13.5. The molecule has 2 N–H and O–H groups in total. The van der Waals surface area contributed by atoms with Gasteiger partial charge in [0, 0.05) is 0 Å². The maximum atomic E-state index is 12.2. The minimum atomic E-state index is -4.49. The van der Waals surface area contributed by atoms with Gasteiger partial charge in [-0.15, -0.1) is 0 Å². The summed E-state index contributed by atoms with van der Waals surface area (Å²) in [6.45, 7) is 3.13. The summed E-state index contributed by atoms with van der Waals surface area (Å²) in [6.07, 6.45) is -5.27. The monoisotopic (exact) mass is 348 g/mol.